The lowest BCUT2D eigenvalue weighted by Crippen LogP contribution is -2.16. The number of halogens is 1. The molecule has 0 aliphatic heterocycles. The van der Waals surface area contributed by atoms with Crippen molar-refractivity contribution in [2.24, 2.45) is 0 Å². The first-order valence-corrected chi connectivity index (χ1v) is 10.0. The molecule has 1 aromatic carbocycles. The van der Waals surface area contributed by atoms with E-state index in [9.17, 15) is 4.79 Å². The molecular weight excluding hydrogens is 394 g/mol. The molecule has 0 atom stereocenters. The number of nitrogens with zero attached hydrogens (tertiary/aromatic N) is 4. The Kier molecular flexibility index (Phi) is 4.87. The van der Waals surface area contributed by atoms with Crippen LogP contribution in [0, 0.1) is 13.8 Å². The number of benzene rings is 1. The molecule has 1 amide bonds. The van der Waals surface area contributed by atoms with E-state index in [0.717, 1.165) is 28.0 Å². The van der Waals surface area contributed by atoms with Crippen molar-refractivity contribution in [3.05, 3.63) is 64.1 Å². The topological polar surface area (TPSA) is 72.7 Å². The minimum absolute atomic E-state index is 0.139. The number of fused-ring (bicyclic) bond motifs is 1. The first-order valence-electron chi connectivity index (χ1n) is 8.85. The standard InChI is InChI=1S/C20H18ClN5OS/c1-4-13-5-7-15-16(10-13)28-20(22-15)24-19(27)18-14(21)6-8-17(23-18)26-12(3)9-11(2)25-26/h5-10H,4H2,1-3H3,(H,22,24,27). The molecule has 28 heavy (non-hydrogen) atoms. The van der Waals surface area contributed by atoms with Gasteiger partial charge in [0.05, 0.1) is 20.9 Å². The number of pyridine rings is 1. The van der Waals surface area contributed by atoms with E-state index in [-0.39, 0.29) is 10.7 Å². The molecule has 0 fully saturated rings. The van der Waals surface area contributed by atoms with Crippen LogP contribution in [0.4, 0.5) is 5.13 Å². The Hall–Kier alpha value is -2.77. The number of hydrogen-bond donors (Lipinski definition) is 1. The summed E-state index contributed by atoms with van der Waals surface area (Å²) >= 11 is 7.67. The number of aromatic nitrogens is 4. The van der Waals surface area contributed by atoms with Crippen LogP contribution in [0.15, 0.2) is 36.4 Å². The Balaban J connectivity index is 1.64. The lowest BCUT2D eigenvalue weighted by atomic mass is 10.2. The summed E-state index contributed by atoms with van der Waals surface area (Å²) in [5.41, 5.74) is 4.03. The van der Waals surface area contributed by atoms with Gasteiger partial charge >= 0.3 is 0 Å². The number of amides is 1. The summed E-state index contributed by atoms with van der Waals surface area (Å²) in [6.07, 6.45) is 0.953. The third kappa shape index (κ3) is 3.50. The zero-order chi connectivity index (χ0) is 19.8. The van der Waals surface area contributed by atoms with E-state index in [1.807, 2.05) is 32.0 Å². The number of anilines is 1. The molecule has 3 heterocycles. The number of carbonyl (C=O) groups excluding carboxylic acids is 1. The first-order chi connectivity index (χ1) is 13.4. The second kappa shape index (κ2) is 7.33. The van der Waals surface area contributed by atoms with E-state index in [1.165, 1.54) is 16.9 Å². The van der Waals surface area contributed by atoms with Crippen molar-refractivity contribution in [3.63, 3.8) is 0 Å². The van der Waals surface area contributed by atoms with Crippen LogP contribution >= 0.6 is 22.9 Å². The zero-order valence-electron chi connectivity index (χ0n) is 15.7. The first kappa shape index (κ1) is 18.6. The maximum absolute atomic E-state index is 12.8. The average Bonchev–Trinajstić information content (AvgIpc) is 3.22. The monoisotopic (exact) mass is 411 g/mol. The van der Waals surface area contributed by atoms with Gasteiger partial charge in [-0.15, -0.1) is 0 Å². The van der Waals surface area contributed by atoms with Crippen LogP contribution in [0.1, 0.15) is 34.4 Å². The summed E-state index contributed by atoms with van der Waals surface area (Å²) in [4.78, 5) is 21.7. The highest BCUT2D eigenvalue weighted by atomic mass is 35.5. The fourth-order valence-corrected chi connectivity index (χ4v) is 4.08. The van der Waals surface area contributed by atoms with Gasteiger partial charge in [-0.2, -0.15) is 5.10 Å². The molecule has 0 spiro atoms. The van der Waals surface area contributed by atoms with Crippen LogP contribution in [0.5, 0.6) is 0 Å². The summed E-state index contributed by atoms with van der Waals surface area (Å²) in [5, 5.41) is 8.02. The second-order valence-electron chi connectivity index (χ2n) is 6.47. The molecule has 6 nitrogen and oxygen atoms in total. The van der Waals surface area contributed by atoms with Gasteiger partial charge in [-0.25, -0.2) is 14.6 Å². The van der Waals surface area contributed by atoms with Gasteiger partial charge in [-0.05, 0) is 56.2 Å². The smallest absolute Gasteiger partial charge is 0.277 e. The Morgan fingerprint density at radius 3 is 2.71 bits per heavy atom. The third-order valence-electron chi connectivity index (χ3n) is 4.35. The van der Waals surface area contributed by atoms with Gasteiger partial charge in [0.2, 0.25) is 0 Å². The highest BCUT2D eigenvalue weighted by Crippen LogP contribution is 2.28. The van der Waals surface area contributed by atoms with Gasteiger partial charge in [-0.3, -0.25) is 10.1 Å². The van der Waals surface area contributed by atoms with Crippen molar-refractivity contribution in [1.82, 2.24) is 19.7 Å². The molecule has 0 aliphatic rings. The molecular formula is C20H18ClN5OS. The third-order valence-corrected chi connectivity index (χ3v) is 5.59. The molecule has 4 rings (SSSR count). The van der Waals surface area contributed by atoms with Crippen LogP contribution in [0.25, 0.3) is 16.0 Å². The fourth-order valence-electron chi connectivity index (χ4n) is 2.97. The summed E-state index contributed by atoms with van der Waals surface area (Å²) in [5.74, 6) is 0.139. The van der Waals surface area contributed by atoms with Crippen molar-refractivity contribution >= 4 is 44.2 Å². The fraction of sp³-hybridized carbons (Fsp3) is 0.200. The molecule has 8 heteroatoms. The molecule has 0 bridgehead atoms. The van der Waals surface area contributed by atoms with Crippen molar-refractivity contribution < 1.29 is 4.79 Å². The Morgan fingerprint density at radius 2 is 2.00 bits per heavy atom. The summed E-state index contributed by atoms with van der Waals surface area (Å²) in [6.45, 7) is 5.94. The Labute approximate surface area is 171 Å². The molecule has 0 unspecified atom stereocenters. The molecule has 1 N–H and O–H groups in total. The summed E-state index contributed by atoms with van der Waals surface area (Å²) < 4.78 is 2.72. The number of carbonyl (C=O) groups is 1. The van der Waals surface area contributed by atoms with E-state index in [0.29, 0.717) is 10.9 Å². The largest absolute Gasteiger partial charge is 0.296 e. The highest BCUT2D eigenvalue weighted by Gasteiger charge is 2.17. The van der Waals surface area contributed by atoms with Crippen molar-refractivity contribution in [2.45, 2.75) is 27.2 Å². The minimum Gasteiger partial charge on any atom is -0.296 e. The predicted molar refractivity (Wildman–Crippen MR) is 113 cm³/mol. The molecule has 0 saturated heterocycles. The molecule has 4 aromatic rings. The second-order valence-corrected chi connectivity index (χ2v) is 7.91. The highest BCUT2D eigenvalue weighted by molar-refractivity contribution is 7.22. The van der Waals surface area contributed by atoms with Crippen LogP contribution in [0.3, 0.4) is 0 Å². The molecule has 0 radical (unpaired) electrons. The number of aryl methyl sites for hydroxylation is 3. The number of hydrogen-bond acceptors (Lipinski definition) is 5. The van der Waals surface area contributed by atoms with Crippen LogP contribution in [-0.2, 0) is 6.42 Å². The SMILES string of the molecule is CCc1ccc2nc(NC(=O)c3nc(-n4nc(C)cc4C)ccc3Cl)sc2c1. The van der Waals surface area contributed by atoms with E-state index >= 15 is 0 Å². The summed E-state index contributed by atoms with van der Waals surface area (Å²) in [6, 6.07) is 11.4. The van der Waals surface area contributed by atoms with Crippen molar-refractivity contribution in [2.75, 3.05) is 5.32 Å². The number of rotatable bonds is 4. The van der Waals surface area contributed by atoms with E-state index in [4.69, 9.17) is 11.6 Å². The molecule has 3 aromatic heterocycles. The van der Waals surface area contributed by atoms with Crippen LogP contribution < -0.4 is 5.32 Å². The quantitative estimate of drug-likeness (QED) is 0.515. The van der Waals surface area contributed by atoms with Gasteiger partial charge < -0.3 is 0 Å². The lowest BCUT2D eigenvalue weighted by Gasteiger charge is -2.08. The van der Waals surface area contributed by atoms with E-state index < -0.39 is 5.91 Å². The van der Waals surface area contributed by atoms with Gasteiger partial charge in [0.15, 0.2) is 10.9 Å². The van der Waals surface area contributed by atoms with Crippen LogP contribution in [-0.4, -0.2) is 25.7 Å². The predicted octanol–water partition coefficient (Wildman–Crippen LogP) is 4.96. The van der Waals surface area contributed by atoms with Gasteiger partial charge in [0.25, 0.3) is 5.91 Å². The number of nitrogens with one attached hydrogen (secondary N) is 1. The Morgan fingerprint density at radius 1 is 1.18 bits per heavy atom. The molecule has 142 valence electrons. The maximum atomic E-state index is 12.8. The minimum atomic E-state index is -0.400. The van der Waals surface area contributed by atoms with Gasteiger partial charge in [-0.1, -0.05) is 35.9 Å². The molecule has 0 aliphatic carbocycles. The van der Waals surface area contributed by atoms with E-state index in [1.54, 1.807) is 16.8 Å². The molecule has 0 saturated carbocycles. The van der Waals surface area contributed by atoms with Gasteiger partial charge in [0.1, 0.15) is 5.69 Å². The lowest BCUT2D eigenvalue weighted by molar-refractivity contribution is 0.102. The Bertz CT molecular complexity index is 1200. The normalized spacial score (nSPS) is 11.1. The zero-order valence-corrected chi connectivity index (χ0v) is 17.2. The summed E-state index contributed by atoms with van der Waals surface area (Å²) in [7, 11) is 0. The number of thiazole rings is 1. The van der Waals surface area contributed by atoms with E-state index in [2.05, 4.69) is 33.4 Å². The van der Waals surface area contributed by atoms with Crippen LogP contribution in [0.2, 0.25) is 5.02 Å². The van der Waals surface area contributed by atoms with Crippen molar-refractivity contribution in [1.29, 1.82) is 0 Å². The van der Waals surface area contributed by atoms with Crippen molar-refractivity contribution in [3.8, 4) is 5.82 Å². The average molecular weight is 412 g/mol. The van der Waals surface area contributed by atoms with Gasteiger partial charge in [0, 0.05) is 5.69 Å². The maximum Gasteiger partial charge on any atom is 0.277 e.